The highest BCUT2D eigenvalue weighted by molar-refractivity contribution is 5.11. The minimum absolute atomic E-state index is 0.430. The van der Waals surface area contributed by atoms with Gasteiger partial charge in [-0.05, 0) is 32.9 Å². The predicted octanol–water partition coefficient (Wildman–Crippen LogP) is 2.13. The Kier molecular flexibility index (Phi) is 4.21. The van der Waals surface area contributed by atoms with Crippen molar-refractivity contribution in [3.63, 3.8) is 0 Å². The fraction of sp³-hybridized carbons (Fsp3) is 0.667. The highest BCUT2D eigenvalue weighted by atomic mass is 14.9. The third-order valence-corrected chi connectivity index (χ3v) is 2.85. The summed E-state index contributed by atoms with van der Waals surface area (Å²) in [5.74, 6) is 1.86. The van der Waals surface area contributed by atoms with E-state index >= 15 is 0 Å². The second kappa shape index (κ2) is 5.21. The molecule has 2 unspecified atom stereocenters. The SMILES string of the molecule is CNC(C)C(c1ccnc(C)n1)C(C)C. The summed E-state index contributed by atoms with van der Waals surface area (Å²) in [6.45, 7) is 8.60. The van der Waals surface area contributed by atoms with Crippen molar-refractivity contribution >= 4 is 0 Å². The van der Waals surface area contributed by atoms with Crippen LogP contribution in [0.3, 0.4) is 0 Å². The first-order valence-corrected chi connectivity index (χ1v) is 5.53. The zero-order valence-electron chi connectivity index (χ0n) is 10.3. The molecule has 0 bridgehead atoms. The molecule has 3 nitrogen and oxygen atoms in total. The fourth-order valence-electron chi connectivity index (χ4n) is 2.01. The summed E-state index contributed by atoms with van der Waals surface area (Å²) < 4.78 is 0. The van der Waals surface area contributed by atoms with Crippen molar-refractivity contribution in [1.82, 2.24) is 15.3 Å². The number of likely N-dealkylation sites (N-methyl/N-ethyl adjacent to an activating group) is 1. The summed E-state index contributed by atoms with van der Waals surface area (Å²) in [5.41, 5.74) is 1.14. The van der Waals surface area contributed by atoms with Crippen LogP contribution in [0.25, 0.3) is 0 Å². The molecule has 0 saturated heterocycles. The smallest absolute Gasteiger partial charge is 0.125 e. The molecule has 0 spiro atoms. The Morgan fingerprint density at radius 3 is 2.40 bits per heavy atom. The predicted molar refractivity (Wildman–Crippen MR) is 62.9 cm³/mol. The van der Waals surface area contributed by atoms with E-state index in [1.54, 1.807) is 0 Å². The second-order valence-corrected chi connectivity index (χ2v) is 4.38. The van der Waals surface area contributed by atoms with E-state index in [0.717, 1.165) is 11.5 Å². The average Bonchev–Trinajstić information content (AvgIpc) is 2.17. The lowest BCUT2D eigenvalue weighted by Gasteiger charge is -2.26. The molecule has 0 radical (unpaired) electrons. The van der Waals surface area contributed by atoms with E-state index < -0.39 is 0 Å². The molecule has 15 heavy (non-hydrogen) atoms. The van der Waals surface area contributed by atoms with E-state index in [2.05, 4.69) is 36.1 Å². The Hall–Kier alpha value is -0.960. The number of hydrogen-bond acceptors (Lipinski definition) is 3. The van der Waals surface area contributed by atoms with Gasteiger partial charge >= 0.3 is 0 Å². The van der Waals surface area contributed by atoms with Crippen molar-refractivity contribution in [2.24, 2.45) is 5.92 Å². The van der Waals surface area contributed by atoms with Crippen LogP contribution in [0.4, 0.5) is 0 Å². The summed E-state index contributed by atoms with van der Waals surface area (Å²) in [6, 6.07) is 2.45. The van der Waals surface area contributed by atoms with Crippen LogP contribution in [0.1, 0.15) is 38.2 Å². The zero-order valence-corrected chi connectivity index (χ0v) is 10.3. The molecule has 1 N–H and O–H groups in total. The number of nitrogens with zero attached hydrogens (tertiary/aromatic N) is 2. The van der Waals surface area contributed by atoms with Gasteiger partial charge in [-0.25, -0.2) is 9.97 Å². The molecule has 0 aromatic carbocycles. The number of hydrogen-bond donors (Lipinski definition) is 1. The molecule has 0 fully saturated rings. The Bertz CT molecular complexity index is 309. The lowest BCUT2D eigenvalue weighted by Crippen LogP contribution is -2.32. The molecule has 3 heteroatoms. The molecule has 0 aliphatic rings. The first-order valence-electron chi connectivity index (χ1n) is 5.53. The van der Waals surface area contributed by atoms with Gasteiger partial charge in [0.2, 0.25) is 0 Å². The van der Waals surface area contributed by atoms with Crippen LogP contribution in [0.2, 0.25) is 0 Å². The topological polar surface area (TPSA) is 37.8 Å². The van der Waals surface area contributed by atoms with Crippen molar-refractivity contribution in [3.05, 3.63) is 23.8 Å². The number of aryl methyl sites for hydroxylation is 1. The van der Waals surface area contributed by atoms with Crippen LogP contribution in [0, 0.1) is 12.8 Å². The zero-order chi connectivity index (χ0) is 11.4. The van der Waals surface area contributed by atoms with E-state index in [9.17, 15) is 0 Å². The monoisotopic (exact) mass is 207 g/mol. The Labute approximate surface area is 92.3 Å². The van der Waals surface area contributed by atoms with E-state index in [-0.39, 0.29) is 0 Å². The fourth-order valence-corrected chi connectivity index (χ4v) is 2.01. The van der Waals surface area contributed by atoms with Crippen molar-refractivity contribution in [1.29, 1.82) is 0 Å². The average molecular weight is 207 g/mol. The largest absolute Gasteiger partial charge is 0.317 e. The van der Waals surface area contributed by atoms with Gasteiger partial charge in [-0.1, -0.05) is 13.8 Å². The molecule has 0 amide bonds. The van der Waals surface area contributed by atoms with Gasteiger partial charge in [-0.3, -0.25) is 0 Å². The van der Waals surface area contributed by atoms with Crippen molar-refractivity contribution < 1.29 is 0 Å². The second-order valence-electron chi connectivity index (χ2n) is 4.38. The maximum atomic E-state index is 4.51. The normalized spacial score (nSPS) is 15.3. The van der Waals surface area contributed by atoms with Gasteiger partial charge < -0.3 is 5.32 Å². The summed E-state index contributed by atoms with van der Waals surface area (Å²) in [5, 5.41) is 3.30. The maximum Gasteiger partial charge on any atom is 0.125 e. The number of aromatic nitrogens is 2. The van der Waals surface area contributed by atoms with Crippen LogP contribution in [-0.4, -0.2) is 23.1 Å². The van der Waals surface area contributed by atoms with Gasteiger partial charge in [0.15, 0.2) is 0 Å². The Morgan fingerprint density at radius 2 is 1.93 bits per heavy atom. The molecule has 1 rings (SSSR count). The Balaban J connectivity index is 2.99. The highest BCUT2D eigenvalue weighted by Gasteiger charge is 2.22. The van der Waals surface area contributed by atoms with Crippen molar-refractivity contribution in [2.75, 3.05) is 7.05 Å². The molecule has 0 aliphatic carbocycles. The van der Waals surface area contributed by atoms with E-state index in [4.69, 9.17) is 0 Å². The van der Waals surface area contributed by atoms with E-state index in [1.807, 2.05) is 26.2 Å². The van der Waals surface area contributed by atoms with Crippen LogP contribution in [0.15, 0.2) is 12.3 Å². The summed E-state index contributed by atoms with van der Waals surface area (Å²) in [4.78, 5) is 8.65. The molecule has 84 valence electrons. The molecule has 0 saturated carbocycles. The number of rotatable bonds is 4. The molecule has 1 aromatic heterocycles. The molecule has 1 aromatic rings. The van der Waals surface area contributed by atoms with Gasteiger partial charge in [0, 0.05) is 23.9 Å². The summed E-state index contributed by atoms with van der Waals surface area (Å²) in [7, 11) is 1.99. The minimum Gasteiger partial charge on any atom is -0.317 e. The van der Waals surface area contributed by atoms with Crippen molar-refractivity contribution in [3.8, 4) is 0 Å². The summed E-state index contributed by atoms with van der Waals surface area (Å²) in [6.07, 6.45) is 1.84. The van der Waals surface area contributed by atoms with Crippen LogP contribution in [-0.2, 0) is 0 Å². The molecule has 0 aliphatic heterocycles. The first-order chi connectivity index (χ1) is 7.06. The third-order valence-electron chi connectivity index (χ3n) is 2.85. The minimum atomic E-state index is 0.430. The summed E-state index contributed by atoms with van der Waals surface area (Å²) >= 11 is 0. The van der Waals surface area contributed by atoms with Gasteiger partial charge in [-0.15, -0.1) is 0 Å². The van der Waals surface area contributed by atoms with E-state index in [0.29, 0.717) is 17.9 Å². The number of nitrogens with one attached hydrogen (secondary N) is 1. The van der Waals surface area contributed by atoms with Gasteiger partial charge in [0.25, 0.3) is 0 Å². The first kappa shape index (κ1) is 12.1. The molecular formula is C12H21N3. The molecule has 2 atom stereocenters. The van der Waals surface area contributed by atoms with E-state index in [1.165, 1.54) is 0 Å². The Morgan fingerprint density at radius 1 is 1.27 bits per heavy atom. The lowest BCUT2D eigenvalue weighted by atomic mass is 9.86. The van der Waals surface area contributed by atoms with Crippen LogP contribution in [0.5, 0.6) is 0 Å². The third kappa shape index (κ3) is 2.99. The van der Waals surface area contributed by atoms with Gasteiger partial charge in [0.1, 0.15) is 5.82 Å². The molecular weight excluding hydrogens is 186 g/mol. The molecule has 1 heterocycles. The van der Waals surface area contributed by atoms with Crippen molar-refractivity contribution in [2.45, 2.75) is 39.7 Å². The van der Waals surface area contributed by atoms with Crippen LogP contribution < -0.4 is 5.32 Å². The quantitative estimate of drug-likeness (QED) is 0.822. The lowest BCUT2D eigenvalue weighted by molar-refractivity contribution is 0.387. The standard InChI is InChI=1S/C12H21N3/c1-8(2)12(9(3)13-5)11-6-7-14-10(4)15-11/h6-9,12-13H,1-5H3. The van der Waals surface area contributed by atoms with Gasteiger partial charge in [-0.2, -0.15) is 0 Å². The highest BCUT2D eigenvalue weighted by Crippen LogP contribution is 2.25. The maximum absolute atomic E-state index is 4.51. The van der Waals surface area contributed by atoms with Crippen LogP contribution >= 0.6 is 0 Å². The van der Waals surface area contributed by atoms with Gasteiger partial charge in [0.05, 0.1) is 0 Å².